The molecule has 0 aromatic heterocycles. The average Bonchev–Trinajstić information content (AvgIpc) is 2.33. The lowest BCUT2D eigenvalue weighted by atomic mass is 10.1. The summed E-state index contributed by atoms with van der Waals surface area (Å²) in [7, 11) is 0. The molecule has 0 unspecified atom stereocenters. The van der Waals surface area contributed by atoms with Crippen molar-refractivity contribution in [3.8, 4) is 5.75 Å². The molecule has 18 heavy (non-hydrogen) atoms. The summed E-state index contributed by atoms with van der Waals surface area (Å²) in [5.41, 5.74) is 1.97. The van der Waals surface area contributed by atoms with Crippen LogP contribution in [-0.4, -0.2) is 35.5 Å². The molecule has 0 heterocycles. The van der Waals surface area contributed by atoms with Gasteiger partial charge in [-0.1, -0.05) is 24.6 Å². The Morgan fingerprint density at radius 1 is 1.39 bits per heavy atom. The number of phenols is 1. The van der Waals surface area contributed by atoms with Gasteiger partial charge in [0.2, 0.25) is 5.91 Å². The summed E-state index contributed by atoms with van der Waals surface area (Å²) >= 11 is 0. The molecular formula is C14H22N2O2. The molecule has 4 heteroatoms. The van der Waals surface area contributed by atoms with Gasteiger partial charge < -0.3 is 10.4 Å². The number of hydrogen-bond acceptors (Lipinski definition) is 3. The molecule has 1 amide bonds. The predicted octanol–water partition coefficient (Wildman–Crippen LogP) is 1.66. The second kappa shape index (κ2) is 7.01. The monoisotopic (exact) mass is 250 g/mol. The first-order valence-electron chi connectivity index (χ1n) is 6.34. The molecule has 0 saturated heterocycles. The number of carbonyl (C=O) groups excluding carboxylic acids is 1. The van der Waals surface area contributed by atoms with E-state index in [1.165, 1.54) is 0 Å². The smallest absolute Gasteiger partial charge is 0.234 e. The molecule has 0 aliphatic rings. The van der Waals surface area contributed by atoms with E-state index in [0.29, 0.717) is 19.6 Å². The maximum atomic E-state index is 11.5. The third kappa shape index (κ3) is 4.37. The molecular weight excluding hydrogens is 228 g/mol. The Labute approximate surface area is 109 Å². The average molecular weight is 250 g/mol. The minimum absolute atomic E-state index is 0.0199. The molecule has 2 N–H and O–H groups in total. The molecule has 4 nitrogen and oxygen atoms in total. The van der Waals surface area contributed by atoms with Gasteiger partial charge in [-0.25, -0.2) is 0 Å². The van der Waals surface area contributed by atoms with Gasteiger partial charge in [-0.05, 0) is 26.5 Å². The van der Waals surface area contributed by atoms with Gasteiger partial charge >= 0.3 is 0 Å². The van der Waals surface area contributed by atoms with Crippen LogP contribution in [-0.2, 0) is 11.3 Å². The maximum absolute atomic E-state index is 11.5. The number of hydrogen-bond donors (Lipinski definition) is 2. The lowest BCUT2D eigenvalue weighted by Gasteiger charge is -2.20. The number of amides is 1. The standard InChI is InChI=1S/C14H22N2O2/c1-4-15-14(18)10-16(5-2)9-12-8-11(3)6-7-13(12)17/h6-8,17H,4-5,9-10H2,1-3H3,(H,15,18). The molecule has 1 rings (SSSR count). The number of aryl methyl sites for hydroxylation is 1. The largest absolute Gasteiger partial charge is 0.508 e. The second-order valence-electron chi connectivity index (χ2n) is 4.39. The van der Waals surface area contributed by atoms with Crippen LogP contribution in [0.15, 0.2) is 18.2 Å². The number of phenolic OH excluding ortho intramolecular Hbond substituents is 1. The van der Waals surface area contributed by atoms with E-state index in [4.69, 9.17) is 0 Å². The third-order valence-electron chi connectivity index (χ3n) is 2.82. The number of benzene rings is 1. The topological polar surface area (TPSA) is 52.6 Å². The first-order chi connectivity index (χ1) is 8.56. The fourth-order valence-electron chi connectivity index (χ4n) is 1.82. The lowest BCUT2D eigenvalue weighted by molar-refractivity contribution is -0.122. The Balaban J connectivity index is 2.67. The van der Waals surface area contributed by atoms with Crippen molar-refractivity contribution >= 4 is 5.91 Å². The highest BCUT2D eigenvalue weighted by Crippen LogP contribution is 2.19. The number of nitrogens with one attached hydrogen (secondary N) is 1. The summed E-state index contributed by atoms with van der Waals surface area (Å²) in [5.74, 6) is 0.307. The van der Waals surface area contributed by atoms with E-state index in [9.17, 15) is 9.90 Å². The number of nitrogens with zero attached hydrogens (tertiary/aromatic N) is 1. The van der Waals surface area contributed by atoms with Crippen LogP contribution in [0.3, 0.4) is 0 Å². The minimum atomic E-state index is 0.0199. The Bertz CT molecular complexity index is 405. The SMILES string of the molecule is CCNC(=O)CN(CC)Cc1cc(C)ccc1O. The zero-order valence-electron chi connectivity index (χ0n) is 11.4. The lowest BCUT2D eigenvalue weighted by Crippen LogP contribution is -2.36. The van der Waals surface area contributed by atoms with Crippen LogP contribution in [0, 0.1) is 6.92 Å². The number of rotatable bonds is 6. The van der Waals surface area contributed by atoms with Gasteiger partial charge in [-0.15, -0.1) is 0 Å². The summed E-state index contributed by atoms with van der Waals surface area (Å²) in [6, 6.07) is 5.53. The molecule has 0 bridgehead atoms. The summed E-state index contributed by atoms with van der Waals surface area (Å²) < 4.78 is 0. The number of carbonyl (C=O) groups is 1. The van der Waals surface area contributed by atoms with Crippen molar-refractivity contribution in [1.29, 1.82) is 0 Å². The highest BCUT2D eigenvalue weighted by molar-refractivity contribution is 5.77. The van der Waals surface area contributed by atoms with Crippen LogP contribution >= 0.6 is 0 Å². The first kappa shape index (κ1) is 14.5. The Morgan fingerprint density at radius 2 is 2.11 bits per heavy atom. The van der Waals surface area contributed by atoms with E-state index in [-0.39, 0.29) is 11.7 Å². The Kier molecular flexibility index (Phi) is 5.65. The van der Waals surface area contributed by atoms with E-state index in [2.05, 4.69) is 5.32 Å². The van der Waals surface area contributed by atoms with Crippen molar-refractivity contribution in [3.05, 3.63) is 29.3 Å². The highest BCUT2D eigenvalue weighted by atomic mass is 16.3. The minimum Gasteiger partial charge on any atom is -0.508 e. The van der Waals surface area contributed by atoms with Gasteiger partial charge in [0, 0.05) is 18.7 Å². The van der Waals surface area contributed by atoms with Gasteiger partial charge in [-0.2, -0.15) is 0 Å². The van der Waals surface area contributed by atoms with E-state index < -0.39 is 0 Å². The Hall–Kier alpha value is -1.55. The molecule has 0 radical (unpaired) electrons. The molecule has 0 fully saturated rings. The van der Waals surface area contributed by atoms with Crippen molar-refractivity contribution in [2.45, 2.75) is 27.3 Å². The van der Waals surface area contributed by atoms with E-state index in [1.54, 1.807) is 6.07 Å². The second-order valence-corrected chi connectivity index (χ2v) is 4.39. The molecule has 0 aliphatic heterocycles. The molecule has 0 saturated carbocycles. The van der Waals surface area contributed by atoms with Crippen LogP contribution in [0.25, 0.3) is 0 Å². The van der Waals surface area contributed by atoms with E-state index in [1.807, 2.05) is 37.8 Å². The molecule has 0 aliphatic carbocycles. The Morgan fingerprint density at radius 3 is 2.72 bits per heavy atom. The third-order valence-corrected chi connectivity index (χ3v) is 2.82. The quantitative estimate of drug-likeness (QED) is 0.807. The summed E-state index contributed by atoms with van der Waals surface area (Å²) in [6.07, 6.45) is 0. The van der Waals surface area contributed by atoms with Gasteiger partial charge in [0.1, 0.15) is 5.75 Å². The predicted molar refractivity (Wildman–Crippen MR) is 72.5 cm³/mol. The van der Waals surface area contributed by atoms with Crippen molar-refractivity contribution < 1.29 is 9.90 Å². The van der Waals surface area contributed by atoms with Crippen molar-refractivity contribution in [3.63, 3.8) is 0 Å². The zero-order chi connectivity index (χ0) is 13.5. The van der Waals surface area contributed by atoms with Crippen LogP contribution in [0.4, 0.5) is 0 Å². The van der Waals surface area contributed by atoms with Gasteiger partial charge in [0.05, 0.1) is 6.54 Å². The van der Waals surface area contributed by atoms with Gasteiger partial charge in [0.25, 0.3) is 0 Å². The highest BCUT2D eigenvalue weighted by Gasteiger charge is 2.11. The molecule has 1 aromatic rings. The molecule has 1 aromatic carbocycles. The van der Waals surface area contributed by atoms with Crippen molar-refractivity contribution in [2.75, 3.05) is 19.6 Å². The number of aromatic hydroxyl groups is 1. The van der Waals surface area contributed by atoms with Gasteiger partial charge in [0.15, 0.2) is 0 Å². The van der Waals surface area contributed by atoms with Crippen LogP contribution < -0.4 is 5.32 Å². The first-order valence-corrected chi connectivity index (χ1v) is 6.34. The molecule has 0 spiro atoms. The van der Waals surface area contributed by atoms with E-state index >= 15 is 0 Å². The van der Waals surface area contributed by atoms with Crippen molar-refractivity contribution in [2.24, 2.45) is 0 Å². The number of likely N-dealkylation sites (N-methyl/N-ethyl adjacent to an activating group) is 2. The summed E-state index contributed by atoms with van der Waals surface area (Å²) in [5, 5.41) is 12.6. The van der Waals surface area contributed by atoms with Crippen LogP contribution in [0.1, 0.15) is 25.0 Å². The molecule has 0 atom stereocenters. The van der Waals surface area contributed by atoms with E-state index in [0.717, 1.165) is 17.7 Å². The van der Waals surface area contributed by atoms with Crippen LogP contribution in [0.2, 0.25) is 0 Å². The summed E-state index contributed by atoms with van der Waals surface area (Å²) in [4.78, 5) is 13.5. The van der Waals surface area contributed by atoms with Gasteiger partial charge in [-0.3, -0.25) is 9.69 Å². The normalized spacial score (nSPS) is 10.7. The fourth-order valence-corrected chi connectivity index (χ4v) is 1.82. The maximum Gasteiger partial charge on any atom is 0.234 e. The van der Waals surface area contributed by atoms with Crippen LogP contribution in [0.5, 0.6) is 5.75 Å². The van der Waals surface area contributed by atoms with Crippen molar-refractivity contribution in [1.82, 2.24) is 10.2 Å². The summed E-state index contributed by atoms with van der Waals surface area (Å²) in [6.45, 7) is 8.26. The molecule has 100 valence electrons. The fraction of sp³-hybridized carbons (Fsp3) is 0.500. The zero-order valence-corrected chi connectivity index (χ0v) is 11.4.